The predicted molar refractivity (Wildman–Crippen MR) is 96.0 cm³/mol. The van der Waals surface area contributed by atoms with E-state index >= 15 is 0 Å². The molecular formula is C19H19N3O2S. The number of carbonyl (C=O) groups excluding carboxylic acids is 1. The lowest BCUT2D eigenvalue weighted by molar-refractivity contribution is 0.0363. The van der Waals surface area contributed by atoms with Crippen molar-refractivity contribution in [2.24, 2.45) is 0 Å². The van der Waals surface area contributed by atoms with Crippen LogP contribution in [0.1, 0.15) is 34.5 Å². The van der Waals surface area contributed by atoms with Crippen LogP contribution in [-0.2, 0) is 11.8 Å². The molecule has 1 unspecified atom stereocenters. The van der Waals surface area contributed by atoms with E-state index in [0.717, 1.165) is 24.2 Å². The quantitative estimate of drug-likeness (QED) is 0.731. The third kappa shape index (κ3) is 2.17. The van der Waals surface area contributed by atoms with Crippen molar-refractivity contribution >= 4 is 22.2 Å². The van der Waals surface area contributed by atoms with Crippen LogP contribution < -0.4 is 0 Å². The Labute approximate surface area is 149 Å². The fourth-order valence-corrected chi connectivity index (χ4v) is 5.17. The molecule has 25 heavy (non-hydrogen) atoms. The number of aliphatic hydroxyl groups excluding tert-OH is 1. The molecule has 0 radical (unpaired) electrons. The van der Waals surface area contributed by atoms with Gasteiger partial charge in [0.15, 0.2) is 4.96 Å². The van der Waals surface area contributed by atoms with Crippen LogP contribution in [0.3, 0.4) is 0 Å². The molecule has 1 saturated heterocycles. The SMILES string of the molecule is O=C(c1cn2ccsc2n1)N1CCC2(CC1)c1ccccc1CC2O. The maximum absolute atomic E-state index is 12.8. The van der Waals surface area contributed by atoms with Crippen LogP contribution in [-0.4, -0.2) is 44.5 Å². The average molecular weight is 353 g/mol. The van der Waals surface area contributed by atoms with E-state index < -0.39 is 0 Å². The number of rotatable bonds is 1. The largest absolute Gasteiger partial charge is 0.392 e. The number of benzene rings is 1. The third-order valence-electron chi connectivity index (χ3n) is 5.86. The molecule has 1 atom stereocenters. The molecule has 1 amide bonds. The Kier molecular flexibility index (Phi) is 3.27. The molecule has 0 bridgehead atoms. The summed E-state index contributed by atoms with van der Waals surface area (Å²) in [6.07, 6.45) is 5.71. The number of amides is 1. The molecule has 5 rings (SSSR count). The fraction of sp³-hybridized carbons (Fsp3) is 0.368. The van der Waals surface area contributed by atoms with Crippen molar-refractivity contribution < 1.29 is 9.90 Å². The van der Waals surface area contributed by atoms with Gasteiger partial charge in [0.1, 0.15) is 5.69 Å². The van der Waals surface area contributed by atoms with Gasteiger partial charge in [0, 0.05) is 36.3 Å². The van der Waals surface area contributed by atoms with Crippen LogP contribution in [0.4, 0.5) is 0 Å². The van der Waals surface area contributed by atoms with Crippen molar-refractivity contribution in [2.75, 3.05) is 13.1 Å². The Morgan fingerprint density at radius 1 is 1.28 bits per heavy atom. The zero-order valence-electron chi connectivity index (χ0n) is 13.8. The summed E-state index contributed by atoms with van der Waals surface area (Å²) in [6, 6.07) is 8.34. The van der Waals surface area contributed by atoms with Crippen molar-refractivity contribution in [1.29, 1.82) is 0 Å². The molecule has 1 aliphatic carbocycles. The minimum absolute atomic E-state index is 0.00785. The molecule has 0 saturated carbocycles. The number of likely N-dealkylation sites (tertiary alicyclic amines) is 1. The highest BCUT2D eigenvalue weighted by Gasteiger charge is 2.48. The smallest absolute Gasteiger partial charge is 0.274 e. The van der Waals surface area contributed by atoms with Gasteiger partial charge in [-0.25, -0.2) is 4.98 Å². The summed E-state index contributed by atoms with van der Waals surface area (Å²) in [7, 11) is 0. The topological polar surface area (TPSA) is 57.8 Å². The summed E-state index contributed by atoms with van der Waals surface area (Å²) in [6.45, 7) is 1.32. The van der Waals surface area contributed by atoms with Crippen molar-refractivity contribution in [3.63, 3.8) is 0 Å². The second-order valence-electron chi connectivity index (χ2n) is 7.04. The van der Waals surface area contributed by atoms with Crippen molar-refractivity contribution in [2.45, 2.75) is 30.8 Å². The first-order chi connectivity index (χ1) is 12.2. The second-order valence-corrected chi connectivity index (χ2v) is 7.92. The molecule has 2 aliphatic rings. The number of hydrogen-bond donors (Lipinski definition) is 1. The lowest BCUT2D eigenvalue weighted by Crippen LogP contribution is -2.49. The number of fused-ring (bicyclic) bond motifs is 3. The zero-order chi connectivity index (χ0) is 17.0. The summed E-state index contributed by atoms with van der Waals surface area (Å²) in [4.78, 5) is 19.9. The highest BCUT2D eigenvalue weighted by Crippen LogP contribution is 2.46. The van der Waals surface area contributed by atoms with Gasteiger partial charge in [-0.05, 0) is 30.4 Å². The van der Waals surface area contributed by atoms with Crippen LogP contribution in [0.2, 0.25) is 0 Å². The first kappa shape index (κ1) is 15.1. The number of thiazole rings is 1. The van der Waals surface area contributed by atoms with E-state index in [9.17, 15) is 9.90 Å². The van der Waals surface area contributed by atoms with E-state index in [-0.39, 0.29) is 17.4 Å². The standard InChI is InChI=1S/C19H19N3O2S/c23-16-11-13-3-1-2-4-14(13)19(16)5-7-21(8-6-19)17(24)15-12-22-9-10-25-18(22)20-15/h1-4,9-10,12,16,23H,5-8,11H2. The number of carbonyl (C=O) groups is 1. The molecule has 128 valence electrons. The summed E-state index contributed by atoms with van der Waals surface area (Å²) < 4.78 is 1.89. The van der Waals surface area contributed by atoms with Gasteiger partial charge in [-0.1, -0.05) is 24.3 Å². The molecule has 1 fully saturated rings. The Bertz CT molecular complexity index is 924. The van der Waals surface area contributed by atoms with Gasteiger partial charge >= 0.3 is 0 Å². The maximum atomic E-state index is 12.8. The van der Waals surface area contributed by atoms with Crippen LogP contribution in [0.25, 0.3) is 4.96 Å². The Morgan fingerprint density at radius 3 is 2.88 bits per heavy atom. The van der Waals surface area contributed by atoms with Crippen LogP contribution in [0, 0.1) is 0 Å². The van der Waals surface area contributed by atoms with Gasteiger partial charge in [0.25, 0.3) is 5.91 Å². The monoisotopic (exact) mass is 353 g/mol. The van der Waals surface area contributed by atoms with Gasteiger partial charge in [-0.2, -0.15) is 0 Å². The minimum atomic E-state index is -0.347. The molecule has 2 aromatic heterocycles. The average Bonchev–Trinajstić information content (AvgIpc) is 3.29. The van der Waals surface area contributed by atoms with E-state index in [1.807, 2.05) is 33.0 Å². The highest BCUT2D eigenvalue weighted by molar-refractivity contribution is 7.15. The molecule has 1 aromatic carbocycles. The number of imidazole rings is 1. The predicted octanol–water partition coefficient (Wildman–Crippen LogP) is 2.49. The Balaban J connectivity index is 1.38. The van der Waals surface area contributed by atoms with Crippen LogP contribution in [0.5, 0.6) is 0 Å². The van der Waals surface area contributed by atoms with Gasteiger partial charge < -0.3 is 10.0 Å². The number of piperidine rings is 1. The molecule has 5 nitrogen and oxygen atoms in total. The van der Waals surface area contributed by atoms with Gasteiger partial charge in [0.05, 0.1) is 6.10 Å². The molecule has 6 heteroatoms. The normalized spacial score (nSPS) is 21.8. The molecule has 1 aliphatic heterocycles. The molecule has 3 aromatic rings. The Hall–Kier alpha value is -2.18. The van der Waals surface area contributed by atoms with Gasteiger partial charge in [-0.15, -0.1) is 11.3 Å². The number of aromatic nitrogens is 2. The number of aliphatic hydroxyl groups is 1. The van der Waals surface area contributed by atoms with E-state index in [2.05, 4.69) is 17.1 Å². The molecule has 3 heterocycles. The van der Waals surface area contributed by atoms with Gasteiger partial charge in [-0.3, -0.25) is 9.20 Å². The van der Waals surface area contributed by atoms with E-state index in [4.69, 9.17) is 0 Å². The van der Waals surface area contributed by atoms with Crippen molar-refractivity contribution in [1.82, 2.24) is 14.3 Å². The lowest BCUT2D eigenvalue weighted by atomic mass is 9.72. The van der Waals surface area contributed by atoms with Crippen molar-refractivity contribution in [3.05, 3.63) is 58.9 Å². The summed E-state index contributed by atoms with van der Waals surface area (Å²) in [5, 5.41) is 12.7. The fourth-order valence-electron chi connectivity index (χ4n) is 4.47. The second kappa shape index (κ2) is 5.41. The zero-order valence-corrected chi connectivity index (χ0v) is 14.6. The maximum Gasteiger partial charge on any atom is 0.274 e. The third-order valence-corrected chi connectivity index (χ3v) is 6.63. The van der Waals surface area contributed by atoms with Crippen LogP contribution >= 0.6 is 11.3 Å². The van der Waals surface area contributed by atoms with Crippen molar-refractivity contribution in [3.8, 4) is 0 Å². The Morgan fingerprint density at radius 2 is 2.08 bits per heavy atom. The van der Waals surface area contributed by atoms with E-state index in [1.54, 1.807) is 6.20 Å². The first-order valence-electron chi connectivity index (χ1n) is 8.65. The lowest BCUT2D eigenvalue weighted by Gasteiger charge is -2.42. The summed E-state index contributed by atoms with van der Waals surface area (Å²) >= 11 is 1.53. The highest BCUT2D eigenvalue weighted by atomic mass is 32.1. The van der Waals surface area contributed by atoms with E-state index in [0.29, 0.717) is 18.8 Å². The van der Waals surface area contributed by atoms with Gasteiger partial charge in [0.2, 0.25) is 0 Å². The summed E-state index contributed by atoms with van der Waals surface area (Å²) in [5.74, 6) is -0.00785. The van der Waals surface area contributed by atoms with E-state index in [1.165, 1.54) is 22.5 Å². The van der Waals surface area contributed by atoms with Crippen LogP contribution in [0.15, 0.2) is 42.0 Å². The minimum Gasteiger partial charge on any atom is -0.392 e. The summed E-state index contributed by atoms with van der Waals surface area (Å²) in [5.41, 5.74) is 2.85. The molecule has 1 spiro atoms. The number of hydrogen-bond acceptors (Lipinski definition) is 4. The first-order valence-corrected chi connectivity index (χ1v) is 9.53. The molecular weight excluding hydrogens is 334 g/mol. The molecule has 1 N–H and O–H groups in total. The number of nitrogens with zero attached hydrogens (tertiary/aromatic N) is 3.